The first-order valence-corrected chi connectivity index (χ1v) is 7.39. The maximum Gasteiger partial charge on any atom is 0.312 e. The highest BCUT2D eigenvalue weighted by Crippen LogP contribution is 2.98. The van der Waals surface area contributed by atoms with Gasteiger partial charge in [0.2, 0.25) is 0 Å². The molecule has 1 spiro atoms. The number of hydrogen-bond acceptors (Lipinski definition) is 5. The first-order chi connectivity index (χ1) is 9.31. The fraction of sp³-hybridized carbons (Fsp3) is 0.867. The van der Waals surface area contributed by atoms with E-state index in [1.54, 1.807) is 0 Å². The first kappa shape index (κ1) is 10.6. The summed E-state index contributed by atoms with van der Waals surface area (Å²) in [7, 11) is 0. The molecular weight excluding hydrogens is 260 g/mol. The zero-order valence-electron chi connectivity index (χ0n) is 11.7. The molecule has 0 bridgehead atoms. The number of carbonyl (C=O) groups is 2. The Morgan fingerprint density at radius 3 is 2.70 bits per heavy atom. The summed E-state index contributed by atoms with van der Waals surface area (Å²) in [5, 5.41) is 0. The lowest BCUT2D eigenvalue weighted by Crippen LogP contribution is -2.55. The van der Waals surface area contributed by atoms with Crippen LogP contribution in [0.3, 0.4) is 0 Å². The van der Waals surface area contributed by atoms with E-state index in [1.807, 2.05) is 6.92 Å². The van der Waals surface area contributed by atoms with Crippen LogP contribution in [-0.2, 0) is 23.8 Å². The van der Waals surface area contributed by atoms with Crippen LogP contribution in [-0.4, -0.2) is 35.9 Å². The summed E-state index contributed by atoms with van der Waals surface area (Å²) < 4.78 is 17.3. The Hall–Kier alpha value is -1.10. The third kappa shape index (κ3) is 0.529. The lowest BCUT2D eigenvalue weighted by Gasteiger charge is -2.44. The largest absolute Gasteiger partial charge is 0.464 e. The van der Waals surface area contributed by atoms with Gasteiger partial charge in [-0.3, -0.25) is 9.59 Å². The van der Waals surface area contributed by atoms with E-state index in [4.69, 9.17) is 14.2 Å². The van der Waals surface area contributed by atoms with Gasteiger partial charge < -0.3 is 14.2 Å². The summed E-state index contributed by atoms with van der Waals surface area (Å²) in [6, 6.07) is 0. The number of carbonyl (C=O) groups excluding carboxylic acids is 2. The fourth-order valence-electron chi connectivity index (χ4n) is 7.21. The molecule has 0 amide bonds. The first-order valence-electron chi connectivity index (χ1n) is 7.39. The normalized spacial score (nSPS) is 73.7. The summed E-state index contributed by atoms with van der Waals surface area (Å²) in [5.74, 6) is -0.396. The molecule has 3 unspecified atom stereocenters. The van der Waals surface area contributed by atoms with Crippen LogP contribution in [0.1, 0.15) is 27.2 Å². The van der Waals surface area contributed by atoms with E-state index in [2.05, 4.69) is 13.8 Å². The van der Waals surface area contributed by atoms with Crippen LogP contribution >= 0.6 is 0 Å². The predicted octanol–water partition coefficient (Wildman–Crippen LogP) is 0.659. The standard InChI is InChI=1S/C15H16O5/c1-11-5-18-10(17)12(11,2)8-7-9(16)20-14(11)4-6-13(3,19-6)15(7,8)14/h6-8H,4-5H2,1-3H3/t6-,7?,8?,11+,12-,13-,14-,15?/m0/s1. The molecule has 0 aromatic rings. The number of hydrogen-bond donors (Lipinski definition) is 0. The maximum absolute atomic E-state index is 12.5. The average Bonchev–Trinajstić information content (AvgIpc) is 3.16. The van der Waals surface area contributed by atoms with Gasteiger partial charge in [-0.05, 0) is 13.8 Å². The Balaban J connectivity index is 1.73. The molecule has 6 rings (SSSR count). The minimum atomic E-state index is -0.607. The molecule has 3 aliphatic heterocycles. The van der Waals surface area contributed by atoms with E-state index in [0.29, 0.717) is 6.61 Å². The van der Waals surface area contributed by atoms with Gasteiger partial charge >= 0.3 is 11.9 Å². The molecule has 5 heteroatoms. The van der Waals surface area contributed by atoms with E-state index in [0.717, 1.165) is 6.42 Å². The monoisotopic (exact) mass is 276 g/mol. The number of rotatable bonds is 0. The van der Waals surface area contributed by atoms with Gasteiger partial charge in [-0.1, -0.05) is 6.92 Å². The van der Waals surface area contributed by atoms with Gasteiger partial charge in [0, 0.05) is 12.3 Å². The van der Waals surface area contributed by atoms with Crippen LogP contribution in [0.4, 0.5) is 0 Å². The van der Waals surface area contributed by atoms with Crippen LogP contribution in [0.5, 0.6) is 0 Å². The van der Waals surface area contributed by atoms with Gasteiger partial charge in [-0.2, -0.15) is 0 Å². The zero-order chi connectivity index (χ0) is 13.9. The summed E-state index contributed by atoms with van der Waals surface area (Å²) in [6.45, 7) is 6.53. The van der Waals surface area contributed by atoms with Gasteiger partial charge in [0.15, 0.2) is 0 Å². The molecule has 106 valence electrons. The summed E-state index contributed by atoms with van der Waals surface area (Å²) in [4.78, 5) is 24.8. The molecule has 8 atom stereocenters. The lowest BCUT2D eigenvalue weighted by molar-refractivity contribution is -0.174. The Labute approximate surface area is 115 Å². The third-order valence-corrected chi connectivity index (χ3v) is 8.22. The third-order valence-electron chi connectivity index (χ3n) is 8.22. The molecule has 0 aromatic carbocycles. The van der Waals surface area contributed by atoms with Crippen molar-refractivity contribution in [2.45, 2.75) is 44.5 Å². The second-order valence-electron chi connectivity index (χ2n) is 8.10. The van der Waals surface area contributed by atoms with Gasteiger partial charge in [0.1, 0.15) is 17.8 Å². The van der Waals surface area contributed by atoms with Crippen molar-refractivity contribution in [3.8, 4) is 0 Å². The SMILES string of the molecule is C[C@@]12COC(=O)[C@]1(C)C1C3C(=O)O[C@@]24C[C@@H]2O[C@]2(C)C314. The maximum atomic E-state index is 12.5. The summed E-state index contributed by atoms with van der Waals surface area (Å²) >= 11 is 0. The molecule has 0 radical (unpaired) electrons. The molecule has 6 fully saturated rings. The van der Waals surface area contributed by atoms with Crippen molar-refractivity contribution in [1.82, 2.24) is 0 Å². The molecule has 6 aliphatic rings. The van der Waals surface area contributed by atoms with Crippen molar-refractivity contribution in [1.29, 1.82) is 0 Å². The highest BCUT2D eigenvalue weighted by atomic mass is 16.6. The Morgan fingerprint density at radius 1 is 1.20 bits per heavy atom. The number of esters is 2. The van der Waals surface area contributed by atoms with Crippen LogP contribution in [0.25, 0.3) is 0 Å². The predicted molar refractivity (Wildman–Crippen MR) is 63.3 cm³/mol. The minimum Gasteiger partial charge on any atom is -0.464 e. The molecule has 0 N–H and O–H groups in total. The zero-order valence-corrected chi connectivity index (χ0v) is 11.7. The van der Waals surface area contributed by atoms with Crippen LogP contribution < -0.4 is 0 Å². The molecule has 3 saturated heterocycles. The number of cyclic esters (lactones) is 1. The van der Waals surface area contributed by atoms with Crippen molar-refractivity contribution in [2.24, 2.45) is 28.1 Å². The van der Waals surface area contributed by atoms with Crippen molar-refractivity contribution in [2.75, 3.05) is 6.61 Å². The van der Waals surface area contributed by atoms with E-state index in [9.17, 15) is 9.59 Å². The summed E-state index contributed by atoms with van der Waals surface area (Å²) in [6.07, 6.45) is 0.908. The van der Waals surface area contributed by atoms with E-state index < -0.39 is 16.4 Å². The number of fused-ring (bicyclic) bond motifs is 4. The van der Waals surface area contributed by atoms with Gasteiger partial charge in [-0.15, -0.1) is 0 Å². The molecule has 20 heavy (non-hydrogen) atoms. The van der Waals surface area contributed by atoms with Crippen LogP contribution in [0, 0.1) is 28.1 Å². The molecule has 0 aromatic heterocycles. The lowest BCUT2D eigenvalue weighted by atomic mass is 9.59. The van der Waals surface area contributed by atoms with Crippen LogP contribution in [0.2, 0.25) is 0 Å². The second kappa shape index (κ2) is 2.14. The molecule has 3 heterocycles. The second-order valence-corrected chi connectivity index (χ2v) is 8.10. The average molecular weight is 276 g/mol. The Morgan fingerprint density at radius 2 is 1.95 bits per heavy atom. The summed E-state index contributed by atoms with van der Waals surface area (Å²) in [5.41, 5.74) is -2.12. The quantitative estimate of drug-likeness (QED) is 0.480. The van der Waals surface area contributed by atoms with Gasteiger partial charge in [0.05, 0.1) is 28.3 Å². The topological polar surface area (TPSA) is 65.1 Å². The van der Waals surface area contributed by atoms with Gasteiger partial charge in [0.25, 0.3) is 0 Å². The smallest absolute Gasteiger partial charge is 0.312 e. The highest BCUT2D eigenvalue weighted by molar-refractivity contribution is 5.93. The van der Waals surface area contributed by atoms with E-state index >= 15 is 0 Å². The highest BCUT2D eigenvalue weighted by Gasteiger charge is 3.09. The molecule has 3 saturated carbocycles. The Bertz CT molecular complexity index is 659. The van der Waals surface area contributed by atoms with Crippen molar-refractivity contribution in [3.05, 3.63) is 0 Å². The van der Waals surface area contributed by atoms with Crippen molar-refractivity contribution >= 4 is 11.9 Å². The molecular formula is C15H16O5. The van der Waals surface area contributed by atoms with Crippen molar-refractivity contribution in [3.63, 3.8) is 0 Å². The van der Waals surface area contributed by atoms with Crippen molar-refractivity contribution < 1.29 is 23.8 Å². The Kier molecular flexibility index (Phi) is 1.13. The van der Waals surface area contributed by atoms with E-state index in [-0.39, 0.29) is 40.9 Å². The number of epoxide rings is 1. The number of ether oxygens (including phenoxy) is 3. The fourth-order valence-corrected chi connectivity index (χ4v) is 7.21. The van der Waals surface area contributed by atoms with Crippen LogP contribution in [0.15, 0.2) is 0 Å². The molecule has 5 nitrogen and oxygen atoms in total. The van der Waals surface area contributed by atoms with E-state index in [1.165, 1.54) is 0 Å². The molecule has 3 aliphatic carbocycles. The minimum absolute atomic E-state index is 0.0359. The van der Waals surface area contributed by atoms with Gasteiger partial charge in [-0.25, -0.2) is 0 Å².